The van der Waals surface area contributed by atoms with E-state index in [1.165, 1.54) is 12.1 Å². The van der Waals surface area contributed by atoms with E-state index >= 15 is 0 Å². The third-order valence-corrected chi connectivity index (χ3v) is 5.37. The summed E-state index contributed by atoms with van der Waals surface area (Å²) in [5.41, 5.74) is -0.214. The summed E-state index contributed by atoms with van der Waals surface area (Å²) in [6.07, 6.45) is -1.13. The van der Waals surface area contributed by atoms with Gasteiger partial charge in [0.15, 0.2) is 11.6 Å². The van der Waals surface area contributed by atoms with Crippen LogP contribution >= 0.6 is 0 Å². The zero-order valence-corrected chi connectivity index (χ0v) is 15.4. The van der Waals surface area contributed by atoms with Crippen LogP contribution in [0.15, 0.2) is 30.3 Å². The average Bonchev–Trinajstić information content (AvgIpc) is 2.63. The van der Waals surface area contributed by atoms with Crippen molar-refractivity contribution in [2.75, 3.05) is 6.61 Å². The molecule has 0 atom stereocenters. The normalized spacial score (nSPS) is 20.0. The van der Waals surface area contributed by atoms with Gasteiger partial charge in [-0.3, -0.25) is 0 Å². The van der Waals surface area contributed by atoms with Crippen LogP contribution in [-0.2, 0) is 0 Å². The van der Waals surface area contributed by atoms with E-state index in [0.717, 1.165) is 31.7 Å². The molecule has 0 heterocycles. The lowest BCUT2D eigenvalue weighted by atomic mass is 9.77. The van der Waals surface area contributed by atoms with Gasteiger partial charge in [-0.25, -0.2) is 13.2 Å². The summed E-state index contributed by atoms with van der Waals surface area (Å²) >= 11 is 0. The third kappa shape index (κ3) is 5.23. The van der Waals surface area contributed by atoms with Crippen molar-refractivity contribution >= 4 is 0 Å². The first-order valence-corrected chi connectivity index (χ1v) is 9.33. The fourth-order valence-electron chi connectivity index (χ4n) is 3.94. The van der Waals surface area contributed by atoms with Crippen LogP contribution in [-0.4, -0.2) is 18.1 Å². The minimum absolute atomic E-state index is 0.0118. The van der Waals surface area contributed by atoms with Crippen molar-refractivity contribution in [2.45, 2.75) is 44.4 Å². The molecule has 2 aromatic rings. The first-order chi connectivity index (χ1) is 13.7. The van der Waals surface area contributed by atoms with E-state index in [2.05, 4.69) is 4.74 Å². The topological polar surface area (TPSA) is 29.5 Å². The van der Waals surface area contributed by atoms with Gasteiger partial charge in [0.05, 0.1) is 5.56 Å². The summed E-state index contributed by atoms with van der Waals surface area (Å²) in [7, 11) is 0. The molecule has 1 aliphatic rings. The molecule has 0 aromatic heterocycles. The Hall–Kier alpha value is -2.22. The van der Waals surface area contributed by atoms with E-state index in [4.69, 9.17) is 5.11 Å². The molecule has 1 saturated carbocycles. The summed E-state index contributed by atoms with van der Waals surface area (Å²) in [6, 6.07) is 4.68. The monoisotopic (exact) mass is 418 g/mol. The van der Waals surface area contributed by atoms with Gasteiger partial charge in [0.25, 0.3) is 0 Å². The van der Waals surface area contributed by atoms with Crippen LogP contribution in [0.4, 0.5) is 26.3 Å². The van der Waals surface area contributed by atoms with E-state index in [-0.39, 0.29) is 18.1 Å². The Morgan fingerprint density at radius 2 is 1.52 bits per heavy atom. The molecular weight excluding hydrogens is 398 g/mol. The number of ether oxygens (including phenoxy) is 1. The molecule has 8 heteroatoms. The fourth-order valence-corrected chi connectivity index (χ4v) is 3.94. The van der Waals surface area contributed by atoms with Gasteiger partial charge in [0, 0.05) is 6.61 Å². The lowest BCUT2D eigenvalue weighted by Crippen LogP contribution is -2.18. The highest BCUT2D eigenvalue weighted by Gasteiger charge is 2.32. The second kappa shape index (κ2) is 8.65. The highest BCUT2D eigenvalue weighted by molar-refractivity contribution is 5.66. The fraction of sp³-hybridized carbons (Fsp3) is 0.429. The Kier molecular flexibility index (Phi) is 6.41. The number of hydrogen-bond donors (Lipinski definition) is 1. The van der Waals surface area contributed by atoms with Gasteiger partial charge in [-0.2, -0.15) is 0 Å². The van der Waals surface area contributed by atoms with E-state index in [1.54, 1.807) is 0 Å². The Balaban J connectivity index is 1.82. The molecule has 29 heavy (non-hydrogen) atoms. The number of alkyl halides is 3. The van der Waals surface area contributed by atoms with Crippen LogP contribution in [0.25, 0.3) is 11.1 Å². The highest BCUT2D eigenvalue weighted by Crippen LogP contribution is 2.39. The lowest BCUT2D eigenvalue weighted by Gasteiger charge is -2.28. The van der Waals surface area contributed by atoms with Gasteiger partial charge in [-0.1, -0.05) is 6.07 Å². The Bertz CT molecular complexity index is 834. The molecule has 0 saturated heterocycles. The summed E-state index contributed by atoms with van der Waals surface area (Å²) in [4.78, 5) is 0. The Morgan fingerprint density at radius 1 is 0.897 bits per heavy atom. The van der Waals surface area contributed by atoms with E-state index < -0.39 is 35.1 Å². The number of hydrogen-bond acceptors (Lipinski definition) is 2. The zero-order chi connectivity index (χ0) is 21.2. The molecule has 0 radical (unpaired) electrons. The molecule has 0 amide bonds. The van der Waals surface area contributed by atoms with Gasteiger partial charge in [-0.05, 0) is 79.3 Å². The van der Waals surface area contributed by atoms with Crippen LogP contribution in [0.1, 0.15) is 43.6 Å². The lowest BCUT2D eigenvalue weighted by molar-refractivity contribution is -0.275. The van der Waals surface area contributed by atoms with Crippen LogP contribution in [0, 0.1) is 23.4 Å². The van der Waals surface area contributed by atoms with Gasteiger partial charge < -0.3 is 9.84 Å². The largest absolute Gasteiger partial charge is 0.573 e. The summed E-state index contributed by atoms with van der Waals surface area (Å²) in [6.45, 7) is 0.122. The number of aliphatic hydroxyl groups excluding tert-OH is 1. The minimum atomic E-state index is -5.07. The number of aliphatic hydroxyl groups is 1. The van der Waals surface area contributed by atoms with Crippen molar-refractivity contribution < 1.29 is 36.2 Å². The molecule has 0 bridgehead atoms. The zero-order valence-electron chi connectivity index (χ0n) is 15.4. The molecule has 1 aliphatic carbocycles. The second-order valence-corrected chi connectivity index (χ2v) is 7.28. The average molecular weight is 418 g/mol. The molecule has 2 nitrogen and oxygen atoms in total. The maximum atomic E-state index is 14.6. The first-order valence-electron chi connectivity index (χ1n) is 9.33. The van der Waals surface area contributed by atoms with E-state index in [9.17, 15) is 26.3 Å². The Labute approximate surface area is 164 Å². The van der Waals surface area contributed by atoms with Crippen molar-refractivity contribution in [1.29, 1.82) is 0 Å². The van der Waals surface area contributed by atoms with Gasteiger partial charge in [0.2, 0.25) is 0 Å². The molecule has 1 fully saturated rings. The van der Waals surface area contributed by atoms with E-state index in [1.807, 2.05) is 0 Å². The van der Waals surface area contributed by atoms with Crippen LogP contribution < -0.4 is 4.74 Å². The van der Waals surface area contributed by atoms with E-state index in [0.29, 0.717) is 30.0 Å². The predicted molar refractivity (Wildman–Crippen MR) is 94.8 cm³/mol. The first kappa shape index (κ1) is 21.5. The van der Waals surface area contributed by atoms with Crippen molar-refractivity contribution in [3.05, 3.63) is 53.3 Å². The number of benzene rings is 2. The maximum Gasteiger partial charge on any atom is 0.573 e. The van der Waals surface area contributed by atoms with Crippen molar-refractivity contribution in [2.24, 2.45) is 5.92 Å². The van der Waals surface area contributed by atoms with Crippen molar-refractivity contribution in [1.82, 2.24) is 0 Å². The molecular formula is C21H20F6O2. The Morgan fingerprint density at radius 3 is 2.03 bits per heavy atom. The molecule has 1 N–H and O–H groups in total. The van der Waals surface area contributed by atoms with Gasteiger partial charge >= 0.3 is 6.36 Å². The number of halogens is 6. The van der Waals surface area contributed by atoms with Gasteiger partial charge in [-0.15, -0.1) is 13.2 Å². The molecule has 0 spiro atoms. The highest BCUT2D eigenvalue weighted by atomic mass is 19.4. The van der Waals surface area contributed by atoms with Crippen LogP contribution in [0.5, 0.6) is 5.75 Å². The summed E-state index contributed by atoms with van der Waals surface area (Å²) < 4.78 is 83.5. The van der Waals surface area contributed by atoms with Crippen molar-refractivity contribution in [3.8, 4) is 16.9 Å². The molecule has 158 valence electrons. The maximum absolute atomic E-state index is 14.6. The molecule has 2 aromatic carbocycles. The summed E-state index contributed by atoms with van der Waals surface area (Å²) in [5.74, 6) is -3.85. The SMILES string of the molecule is OCC[C@H]1CC[C@H](c2cc(F)c(-c3ccc(OC(F)(F)F)c(F)c3)c(F)c2)CC1. The standard InChI is InChI=1S/C21H20F6O2/c22-16-9-14(5-6-19(16)29-21(25,26)27)20-17(23)10-15(11-18(20)24)13-3-1-12(2-4-13)7-8-28/h5-6,9-13,28H,1-4,7-8H2/t12-,13-. The third-order valence-electron chi connectivity index (χ3n) is 5.37. The quantitative estimate of drug-likeness (QED) is 0.576. The minimum Gasteiger partial charge on any atom is -0.403 e. The van der Waals surface area contributed by atoms with Crippen LogP contribution in [0.3, 0.4) is 0 Å². The van der Waals surface area contributed by atoms with Crippen LogP contribution in [0.2, 0.25) is 0 Å². The molecule has 3 rings (SSSR count). The second-order valence-electron chi connectivity index (χ2n) is 7.28. The molecule has 0 aliphatic heterocycles. The predicted octanol–water partition coefficient (Wildman–Crippen LogP) is 6.33. The van der Waals surface area contributed by atoms with Crippen molar-refractivity contribution in [3.63, 3.8) is 0 Å². The smallest absolute Gasteiger partial charge is 0.403 e. The van der Waals surface area contributed by atoms with Gasteiger partial charge in [0.1, 0.15) is 11.6 Å². The number of rotatable bonds is 5. The summed E-state index contributed by atoms with van der Waals surface area (Å²) in [5, 5.41) is 9.02. The molecule has 0 unspecified atom stereocenters.